The molecular formula is C22H23F3N4O2. The maximum Gasteiger partial charge on any atom is 0.435 e. The minimum atomic E-state index is -4.91. The van der Waals surface area contributed by atoms with Gasteiger partial charge in [-0.05, 0) is 37.5 Å². The SMILES string of the molecule is C=Cc1c(N=CC)cccc1N=C(/C(=C\N)NC(=O)OCC1=CCCC=C1)C(F)(F)F. The Morgan fingerprint density at radius 3 is 2.65 bits per heavy atom. The number of amides is 1. The summed E-state index contributed by atoms with van der Waals surface area (Å²) < 4.78 is 46.3. The summed E-state index contributed by atoms with van der Waals surface area (Å²) in [4.78, 5) is 19.9. The first-order valence-corrected chi connectivity index (χ1v) is 9.41. The van der Waals surface area contributed by atoms with Crippen molar-refractivity contribution in [3.63, 3.8) is 0 Å². The van der Waals surface area contributed by atoms with Crippen LogP contribution in [0.2, 0.25) is 0 Å². The van der Waals surface area contributed by atoms with Crippen LogP contribution >= 0.6 is 0 Å². The van der Waals surface area contributed by atoms with Gasteiger partial charge in [0.1, 0.15) is 6.61 Å². The van der Waals surface area contributed by atoms with Crippen molar-refractivity contribution in [2.24, 2.45) is 15.7 Å². The molecule has 0 bridgehead atoms. The van der Waals surface area contributed by atoms with E-state index in [-0.39, 0.29) is 12.3 Å². The Morgan fingerprint density at radius 2 is 2.06 bits per heavy atom. The summed E-state index contributed by atoms with van der Waals surface area (Å²) in [7, 11) is 0. The lowest BCUT2D eigenvalue weighted by molar-refractivity contribution is -0.0584. The molecule has 2 rings (SSSR count). The molecule has 31 heavy (non-hydrogen) atoms. The van der Waals surface area contributed by atoms with E-state index in [0.717, 1.165) is 18.4 Å². The summed E-state index contributed by atoms with van der Waals surface area (Å²) in [6, 6.07) is 4.51. The summed E-state index contributed by atoms with van der Waals surface area (Å²) in [5, 5.41) is 2.03. The summed E-state index contributed by atoms with van der Waals surface area (Å²) in [6.07, 6.45) is 4.78. The van der Waals surface area contributed by atoms with E-state index in [0.29, 0.717) is 17.5 Å². The molecule has 3 N–H and O–H groups in total. The minimum absolute atomic E-state index is 0.0301. The van der Waals surface area contributed by atoms with Gasteiger partial charge in [0, 0.05) is 18.0 Å². The van der Waals surface area contributed by atoms with Crippen LogP contribution in [0.25, 0.3) is 6.08 Å². The van der Waals surface area contributed by atoms with Gasteiger partial charge in [0.25, 0.3) is 0 Å². The minimum Gasteiger partial charge on any atom is -0.444 e. The Labute approximate surface area is 178 Å². The first-order valence-electron chi connectivity index (χ1n) is 9.41. The Hall–Kier alpha value is -3.62. The molecule has 0 aromatic heterocycles. The van der Waals surface area contributed by atoms with Crippen molar-refractivity contribution in [1.29, 1.82) is 0 Å². The van der Waals surface area contributed by atoms with Crippen LogP contribution < -0.4 is 11.1 Å². The number of carbonyl (C=O) groups excluding carboxylic acids is 1. The van der Waals surface area contributed by atoms with Crippen molar-refractivity contribution < 1.29 is 22.7 Å². The van der Waals surface area contributed by atoms with Gasteiger partial charge in [-0.1, -0.05) is 36.9 Å². The van der Waals surface area contributed by atoms with Crippen molar-refractivity contribution in [3.05, 3.63) is 66.0 Å². The molecule has 0 saturated heterocycles. The standard InChI is InChI=1S/C22H23F3N4O2/c1-3-16-17(27-4-2)11-8-12-18(16)28-20(22(23,24)25)19(13-26)29-21(30)31-14-15-9-6-5-7-10-15/h3-4,6,8-13H,1,5,7,14,26H2,2H3,(H,29,30)/b19-13+,27-4?,28-20?. The van der Waals surface area contributed by atoms with Gasteiger partial charge in [0.05, 0.1) is 17.1 Å². The third kappa shape index (κ3) is 6.70. The maximum atomic E-state index is 13.8. The fourth-order valence-electron chi connectivity index (χ4n) is 2.75. The number of aliphatic imine (C=N–C) groups is 2. The molecule has 1 aliphatic rings. The van der Waals surface area contributed by atoms with Crippen LogP contribution in [0.1, 0.15) is 25.3 Å². The van der Waals surface area contributed by atoms with Crippen molar-refractivity contribution in [3.8, 4) is 0 Å². The molecule has 0 aliphatic heterocycles. The highest BCUT2D eigenvalue weighted by molar-refractivity contribution is 6.07. The Kier molecular flexibility index (Phi) is 8.36. The number of hydrogen-bond acceptors (Lipinski definition) is 5. The number of benzene rings is 1. The lowest BCUT2D eigenvalue weighted by Crippen LogP contribution is -2.36. The number of nitrogens with zero attached hydrogens (tertiary/aromatic N) is 2. The predicted molar refractivity (Wildman–Crippen MR) is 117 cm³/mol. The number of alkyl carbamates (subject to hydrolysis) is 1. The van der Waals surface area contributed by atoms with E-state index in [4.69, 9.17) is 10.5 Å². The van der Waals surface area contributed by atoms with Gasteiger partial charge in [0.2, 0.25) is 0 Å². The van der Waals surface area contributed by atoms with Gasteiger partial charge in [-0.15, -0.1) is 0 Å². The van der Waals surface area contributed by atoms with E-state index >= 15 is 0 Å². The molecule has 0 radical (unpaired) electrons. The highest BCUT2D eigenvalue weighted by Gasteiger charge is 2.39. The topological polar surface area (TPSA) is 89.1 Å². The normalized spacial score (nSPS) is 15.0. The van der Waals surface area contributed by atoms with Gasteiger partial charge < -0.3 is 10.5 Å². The summed E-state index contributed by atoms with van der Waals surface area (Å²) in [5.41, 5.74) is 4.70. The van der Waals surface area contributed by atoms with E-state index in [2.05, 4.69) is 16.6 Å². The number of allylic oxidation sites excluding steroid dienone is 3. The van der Waals surface area contributed by atoms with Gasteiger partial charge in [-0.25, -0.2) is 9.79 Å². The number of halogens is 3. The number of nitrogens with two attached hydrogens (primary N) is 1. The molecule has 0 saturated carbocycles. The number of ether oxygens (including phenoxy) is 1. The Morgan fingerprint density at radius 1 is 1.32 bits per heavy atom. The van der Waals surface area contributed by atoms with Gasteiger partial charge in [-0.3, -0.25) is 10.3 Å². The van der Waals surface area contributed by atoms with E-state index in [1.54, 1.807) is 19.1 Å². The lowest BCUT2D eigenvalue weighted by Gasteiger charge is -2.16. The zero-order valence-electron chi connectivity index (χ0n) is 16.9. The highest BCUT2D eigenvalue weighted by Crippen LogP contribution is 2.32. The van der Waals surface area contributed by atoms with Gasteiger partial charge >= 0.3 is 12.3 Å². The molecule has 0 fully saturated rings. The average Bonchev–Trinajstić information content (AvgIpc) is 2.75. The molecule has 1 amide bonds. The first-order chi connectivity index (χ1) is 14.8. The second-order valence-corrected chi connectivity index (χ2v) is 6.30. The molecule has 0 heterocycles. The Balaban J connectivity index is 2.31. The predicted octanol–water partition coefficient (Wildman–Crippen LogP) is 5.49. The molecule has 9 heteroatoms. The average molecular weight is 432 g/mol. The molecule has 164 valence electrons. The largest absolute Gasteiger partial charge is 0.444 e. The maximum absolute atomic E-state index is 13.8. The summed E-state index contributed by atoms with van der Waals surface area (Å²) in [6.45, 7) is 5.22. The number of hydrogen-bond donors (Lipinski definition) is 2. The van der Waals surface area contributed by atoms with E-state index < -0.39 is 23.7 Å². The zero-order valence-corrected chi connectivity index (χ0v) is 16.9. The molecule has 0 unspecified atom stereocenters. The van der Waals surface area contributed by atoms with Crippen LogP contribution in [0, 0.1) is 0 Å². The van der Waals surface area contributed by atoms with Crippen molar-refractivity contribution in [1.82, 2.24) is 5.32 Å². The van der Waals surface area contributed by atoms with E-state index in [1.807, 2.05) is 17.5 Å². The molecular weight excluding hydrogens is 409 g/mol. The molecule has 1 aliphatic carbocycles. The highest BCUT2D eigenvalue weighted by atomic mass is 19.4. The fourth-order valence-corrected chi connectivity index (χ4v) is 2.75. The fraction of sp³-hybridized carbons (Fsp3) is 0.227. The zero-order chi connectivity index (χ0) is 22.9. The lowest BCUT2D eigenvalue weighted by atomic mass is 10.1. The van der Waals surface area contributed by atoms with Crippen LogP contribution in [-0.4, -0.2) is 30.8 Å². The second kappa shape index (κ2) is 11.0. The third-order valence-electron chi connectivity index (χ3n) is 4.13. The quantitative estimate of drug-likeness (QED) is 0.559. The van der Waals surface area contributed by atoms with Crippen molar-refractivity contribution in [2.45, 2.75) is 25.9 Å². The van der Waals surface area contributed by atoms with E-state index in [9.17, 15) is 18.0 Å². The number of carbonyl (C=O) groups is 1. The van der Waals surface area contributed by atoms with Crippen LogP contribution in [0.5, 0.6) is 0 Å². The molecule has 1 aromatic rings. The molecule has 0 atom stereocenters. The van der Waals surface area contributed by atoms with Crippen LogP contribution in [-0.2, 0) is 4.74 Å². The number of rotatable bonds is 7. The summed E-state index contributed by atoms with van der Waals surface area (Å²) in [5.74, 6) is 0. The van der Waals surface area contributed by atoms with Crippen LogP contribution in [0.15, 0.2) is 70.5 Å². The summed E-state index contributed by atoms with van der Waals surface area (Å²) >= 11 is 0. The van der Waals surface area contributed by atoms with Crippen LogP contribution in [0.4, 0.5) is 29.3 Å². The second-order valence-electron chi connectivity index (χ2n) is 6.30. The van der Waals surface area contributed by atoms with Crippen LogP contribution in [0.3, 0.4) is 0 Å². The Bertz CT molecular complexity index is 973. The monoisotopic (exact) mass is 432 g/mol. The van der Waals surface area contributed by atoms with Crippen molar-refractivity contribution >= 4 is 35.5 Å². The third-order valence-corrected chi connectivity index (χ3v) is 4.13. The molecule has 1 aromatic carbocycles. The molecule has 0 spiro atoms. The van der Waals surface area contributed by atoms with Gasteiger partial charge in [-0.2, -0.15) is 13.2 Å². The van der Waals surface area contributed by atoms with Gasteiger partial charge in [0.15, 0.2) is 5.71 Å². The number of alkyl halides is 3. The smallest absolute Gasteiger partial charge is 0.435 e. The number of nitrogens with one attached hydrogen (secondary N) is 1. The first kappa shape index (κ1) is 23.7. The molecule has 6 nitrogen and oxygen atoms in total. The van der Waals surface area contributed by atoms with E-state index in [1.165, 1.54) is 24.4 Å². The van der Waals surface area contributed by atoms with Crippen molar-refractivity contribution in [2.75, 3.05) is 6.61 Å².